The molecule has 0 nitrogen and oxygen atoms in total. The molecule has 0 saturated carbocycles. The maximum atomic E-state index is 3.73. The second kappa shape index (κ2) is 16.7. The van der Waals surface area contributed by atoms with Gasteiger partial charge in [0.1, 0.15) is 0 Å². The van der Waals surface area contributed by atoms with Gasteiger partial charge in [-0.2, -0.15) is 0 Å². The Bertz CT molecular complexity index is 2730. The van der Waals surface area contributed by atoms with Gasteiger partial charge in [0.05, 0.1) is 16.1 Å². The number of fused-ring (bicyclic) bond motifs is 4. The molecule has 0 fully saturated rings. The standard InChI is InChI=1S/C38H44S2Si.C18H18Br2S2Si/c1-23-19-29-31(25-11-15-27(16-12-25)37(3,4)5)21-39-33(29)35(23)41(9,10)36-24(2)20-30-32(22-40-34(30)36)26-13-17-28(18-14-26)38(6,7)8;1-9-5-11-13(19)7-21-15(11)17(9)23(3,4)18-10(2)6-12-14(20)8-22-16(12)18/h11-22,35-36H,1-10H3;5-8,17-18H,1-4H3. The van der Waals surface area contributed by atoms with Gasteiger partial charge in [0.15, 0.2) is 0 Å². The molecule has 4 aromatic heterocycles. The van der Waals surface area contributed by atoms with E-state index in [1.807, 2.05) is 45.3 Å². The highest BCUT2D eigenvalue weighted by atomic mass is 79.9. The van der Waals surface area contributed by atoms with Crippen molar-refractivity contribution in [3.63, 3.8) is 0 Å². The van der Waals surface area contributed by atoms with E-state index in [1.165, 1.54) is 64.6 Å². The summed E-state index contributed by atoms with van der Waals surface area (Å²) in [7, 11) is -3.42. The lowest BCUT2D eigenvalue weighted by molar-refractivity contribution is 0.590. The monoisotopic (exact) mass is 1080 g/mol. The highest BCUT2D eigenvalue weighted by Crippen LogP contribution is 2.59. The zero-order valence-corrected chi connectivity index (χ0v) is 48.4. The van der Waals surface area contributed by atoms with Crippen LogP contribution in [0, 0.1) is 0 Å². The third kappa shape index (κ3) is 7.84. The van der Waals surface area contributed by atoms with Gasteiger partial charge < -0.3 is 0 Å². The molecule has 4 heterocycles. The molecule has 4 unspecified atom stereocenters. The van der Waals surface area contributed by atoms with Crippen LogP contribution in [0.1, 0.15) is 144 Å². The first-order valence-corrected chi connectivity index (χ1v) is 34.1. The van der Waals surface area contributed by atoms with Crippen molar-refractivity contribution < 1.29 is 0 Å². The lowest BCUT2D eigenvalue weighted by Gasteiger charge is -2.37. The topological polar surface area (TPSA) is 0 Å². The summed E-state index contributed by atoms with van der Waals surface area (Å²) < 4.78 is 2.53. The van der Waals surface area contributed by atoms with Gasteiger partial charge >= 0.3 is 0 Å². The molecular formula is C56H62Br2S4Si2. The quantitative estimate of drug-likeness (QED) is 0.146. The first-order valence-electron chi connectivity index (χ1n) is 22.7. The number of allylic oxidation sites excluding steroid dienone is 4. The zero-order valence-electron chi connectivity index (χ0n) is 39.9. The molecule has 0 aliphatic heterocycles. The molecule has 64 heavy (non-hydrogen) atoms. The number of halogens is 2. The molecule has 2 aromatic carbocycles. The van der Waals surface area contributed by atoms with Crippen LogP contribution in [0.3, 0.4) is 0 Å². The highest BCUT2D eigenvalue weighted by molar-refractivity contribution is 9.11. The fraction of sp³-hybridized carbons (Fsp3) is 0.357. The van der Waals surface area contributed by atoms with E-state index in [0.717, 1.165) is 0 Å². The Morgan fingerprint density at radius 2 is 0.672 bits per heavy atom. The summed E-state index contributed by atoms with van der Waals surface area (Å²) in [4.78, 5) is 6.38. The Hall–Kier alpha value is -2.41. The molecule has 0 bridgehead atoms. The van der Waals surface area contributed by atoms with Gasteiger partial charge in [-0.15, -0.1) is 45.3 Å². The van der Waals surface area contributed by atoms with Gasteiger partial charge in [0.25, 0.3) is 0 Å². The van der Waals surface area contributed by atoms with Crippen molar-refractivity contribution in [1.82, 2.24) is 0 Å². The molecule has 4 atom stereocenters. The number of benzene rings is 2. The number of rotatable bonds is 6. The van der Waals surface area contributed by atoms with Crippen molar-refractivity contribution in [2.24, 2.45) is 0 Å². The van der Waals surface area contributed by atoms with Crippen LogP contribution in [0.2, 0.25) is 26.2 Å². The minimum atomic E-state index is -1.82. The van der Waals surface area contributed by atoms with Crippen molar-refractivity contribution >= 4 is 118 Å². The second-order valence-electron chi connectivity index (χ2n) is 22.2. The van der Waals surface area contributed by atoms with Crippen LogP contribution in [0.5, 0.6) is 0 Å². The van der Waals surface area contributed by atoms with E-state index in [1.54, 1.807) is 41.8 Å². The molecule has 0 N–H and O–H groups in total. The van der Waals surface area contributed by atoms with E-state index < -0.39 is 16.1 Å². The lowest BCUT2D eigenvalue weighted by atomic mass is 9.86. The predicted octanol–water partition coefficient (Wildman–Crippen LogP) is 20.0. The minimum absolute atomic E-state index is 0.176. The van der Waals surface area contributed by atoms with Crippen molar-refractivity contribution in [2.45, 2.75) is 128 Å². The molecule has 8 heteroatoms. The van der Waals surface area contributed by atoms with Crippen molar-refractivity contribution in [1.29, 1.82) is 0 Å². The molecule has 0 saturated heterocycles. The second-order valence-corrected chi connectivity index (χ2v) is 37.1. The molecule has 4 aliphatic carbocycles. The number of hydrogen-bond acceptors (Lipinski definition) is 4. The summed E-state index contributed by atoms with van der Waals surface area (Å²) in [5, 5.41) is 9.36. The summed E-state index contributed by atoms with van der Waals surface area (Å²) in [6.45, 7) is 33.7. The average molecular weight is 1080 g/mol. The van der Waals surface area contributed by atoms with Crippen molar-refractivity contribution in [2.75, 3.05) is 0 Å². The van der Waals surface area contributed by atoms with Gasteiger partial charge in [-0.3, -0.25) is 0 Å². The molecule has 0 spiro atoms. The molecule has 0 amide bonds. The van der Waals surface area contributed by atoms with Crippen LogP contribution >= 0.6 is 77.2 Å². The Balaban J connectivity index is 0.000000190. The van der Waals surface area contributed by atoms with Gasteiger partial charge in [-0.25, -0.2) is 0 Å². The summed E-state index contributed by atoms with van der Waals surface area (Å²) in [6, 6.07) is 18.6. The molecule has 6 aromatic rings. The smallest absolute Gasteiger partial charge is 0.0743 e. The van der Waals surface area contributed by atoms with E-state index in [0.29, 0.717) is 22.2 Å². The van der Waals surface area contributed by atoms with Crippen molar-refractivity contribution in [3.8, 4) is 22.3 Å². The van der Waals surface area contributed by atoms with Gasteiger partial charge in [0, 0.05) is 72.5 Å². The summed E-state index contributed by atoms with van der Waals surface area (Å²) in [6.07, 6.45) is 9.86. The highest BCUT2D eigenvalue weighted by Gasteiger charge is 2.50. The first kappa shape index (κ1) is 46.7. The predicted molar refractivity (Wildman–Crippen MR) is 301 cm³/mol. The Labute approximate surface area is 418 Å². The first-order chi connectivity index (χ1) is 30.0. The van der Waals surface area contributed by atoms with Crippen LogP contribution in [0.15, 0.2) is 101 Å². The van der Waals surface area contributed by atoms with E-state index >= 15 is 0 Å². The fourth-order valence-electron chi connectivity index (χ4n) is 11.8. The molecular weight excluding hydrogens is 1020 g/mol. The molecule has 0 radical (unpaired) electrons. The van der Waals surface area contributed by atoms with Gasteiger partial charge in [0.2, 0.25) is 0 Å². The average Bonchev–Trinajstić information content (AvgIpc) is 4.09. The third-order valence-electron chi connectivity index (χ3n) is 14.8. The van der Waals surface area contributed by atoms with Gasteiger partial charge in [-0.1, -0.05) is 163 Å². The number of hydrogen-bond donors (Lipinski definition) is 0. The van der Waals surface area contributed by atoms with E-state index in [2.05, 4.69) is 222 Å². The minimum Gasteiger partial charge on any atom is -0.147 e. The molecule has 4 aliphatic rings. The summed E-state index contributed by atoms with van der Waals surface area (Å²) in [5.74, 6) is 0. The van der Waals surface area contributed by atoms with E-state index in [4.69, 9.17) is 0 Å². The normalized spacial score (nSPS) is 20.2. The molecule has 332 valence electrons. The Kier molecular flexibility index (Phi) is 12.2. The maximum absolute atomic E-state index is 3.73. The van der Waals surface area contributed by atoms with Crippen LogP contribution < -0.4 is 0 Å². The van der Waals surface area contributed by atoms with Crippen LogP contribution in [-0.4, -0.2) is 16.1 Å². The SMILES string of the molecule is CC1=Cc2c(-c3ccc(C(C)(C)C)cc3)csc2C1[Si](C)(C)C1C(C)=Cc2c(-c3ccc(C(C)(C)C)cc3)csc21.CC1=Cc2c(Br)csc2C1[Si](C)(C)C1C(C)=Cc2c(Br)csc21. The van der Waals surface area contributed by atoms with Crippen LogP contribution in [0.4, 0.5) is 0 Å². The van der Waals surface area contributed by atoms with Crippen LogP contribution in [-0.2, 0) is 10.8 Å². The van der Waals surface area contributed by atoms with Crippen LogP contribution in [0.25, 0.3) is 46.6 Å². The van der Waals surface area contributed by atoms with Gasteiger partial charge in [-0.05, 0) is 126 Å². The molecule has 10 rings (SSSR count). The third-order valence-corrected chi connectivity index (χ3v) is 30.7. The zero-order chi connectivity index (χ0) is 46.0. The Morgan fingerprint density at radius 1 is 0.406 bits per heavy atom. The summed E-state index contributed by atoms with van der Waals surface area (Å²) >= 11 is 15.3. The number of thiophene rings is 4. The fourth-order valence-corrected chi connectivity index (χ4v) is 31.0. The van der Waals surface area contributed by atoms with E-state index in [-0.39, 0.29) is 10.8 Å². The van der Waals surface area contributed by atoms with Crippen molar-refractivity contribution in [3.05, 3.63) is 154 Å². The summed E-state index contributed by atoms with van der Waals surface area (Å²) in [5.41, 5.74) is 23.1. The largest absolute Gasteiger partial charge is 0.147 e. The van der Waals surface area contributed by atoms with E-state index in [9.17, 15) is 0 Å². The Morgan fingerprint density at radius 3 is 0.969 bits per heavy atom. The lowest BCUT2D eigenvalue weighted by Crippen LogP contribution is -2.41. The maximum Gasteiger partial charge on any atom is 0.0743 e.